The van der Waals surface area contributed by atoms with Crippen LogP contribution in [0.15, 0.2) is 30.3 Å². The van der Waals surface area contributed by atoms with Crippen molar-refractivity contribution in [3.05, 3.63) is 35.9 Å². The third kappa shape index (κ3) is 5.05. The van der Waals surface area contributed by atoms with E-state index < -0.39 is 0 Å². The maximum atomic E-state index is 12.7. The molecule has 2 aliphatic rings. The molecule has 1 aromatic carbocycles. The van der Waals surface area contributed by atoms with Crippen LogP contribution >= 0.6 is 0 Å². The standard InChI is InChI=1S/C21H33N3O/c1-21(2)17-23(20(25)9-8-18-10-12-22-13-11-18)14-15-24(21)16-19-6-4-3-5-7-19/h3-7,18,22H,8-17H2,1-2H3. The Balaban J connectivity index is 1.49. The predicted molar refractivity (Wildman–Crippen MR) is 102 cm³/mol. The van der Waals surface area contributed by atoms with Crippen LogP contribution in [-0.2, 0) is 11.3 Å². The first-order valence-corrected chi connectivity index (χ1v) is 9.82. The smallest absolute Gasteiger partial charge is 0.222 e. The van der Waals surface area contributed by atoms with Gasteiger partial charge >= 0.3 is 0 Å². The lowest BCUT2D eigenvalue weighted by atomic mass is 9.92. The molecule has 4 nitrogen and oxygen atoms in total. The molecule has 0 aliphatic carbocycles. The highest BCUT2D eigenvalue weighted by molar-refractivity contribution is 5.76. The molecule has 2 heterocycles. The van der Waals surface area contributed by atoms with Crippen molar-refractivity contribution in [2.75, 3.05) is 32.7 Å². The second kappa shape index (κ2) is 8.33. The number of piperazine rings is 1. The van der Waals surface area contributed by atoms with E-state index in [1.165, 1.54) is 18.4 Å². The molecule has 25 heavy (non-hydrogen) atoms. The van der Waals surface area contributed by atoms with Gasteiger partial charge in [-0.15, -0.1) is 0 Å². The predicted octanol–water partition coefficient (Wildman–Crippen LogP) is 2.89. The van der Waals surface area contributed by atoms with Crippen molar-refractivity contribution in [3.63, 3.8) is 0 Å². The average molecular weight is 344 g/mol. The monoisotopic (exact) mass is 343 g/mol. The van der Waals surface area contributed by atoms with Gasteiger partial charge < -0.3 is 10.2 Å². The minimum Gasteiger partial charge on any atom is -0.340 e. The minimum atomic E-state index is 0.0263. The zero-order valence-electron chi connectivity index (χ0n) is 15.8. The van der Waals surface area contributed by atoms with Gasteiger partial charge in [0.05, 0.1) is 0 Å². The van der Waals surface area contributed by atoms with Crippen molar-refractivity contribution in [3.8, 4) is 0 Å². The molecule has 1 amide bonds. The van der Waals surface area contributed by atoms with Crippen LogP contribution in [0, 0.1) is 5.92 Å². The molecule has 0 spiro atoms. The summed E-state index contributed by atoms with van der Waals surface area (Å²) >= 11 is 0. The highest BCUT2D eigenvalue weighted by Crippen LogP contribution is 2.25. The highest BCUT2D eigenvalue weighted by Gasteiger charge is 2.35. The Labute approximate surface area is 152 Å². The summed E-state index contributed by atoms with van der Waals surface area (Å²) in [6.07, 6.45) is 4.23. The third-order valence-corrected chi connectivity index (χ3v) is 5.87. The molecule has 1 aromatic rings. The van der Waals surface area contributed by atoms with Crippen LogP contribution in [0.25, 0.3) is 0 Å². The van der Waals surface area contributed by atoms with Gasteiger partial charge in [-0.05, 0) is 57.7 Å². The average Bonchev–Trinajstić information content (AvgIpc) is 2.63. The van der Waals surface area contributed by atoms with Crippen molar-refractivity contribution < 1.29 is 4.79 Å². The SMILES string of the molecule is CC1(C)CN(C(=O)CCC2CCNCC2)CCN1Cc1ccccc1. The van der Waals surface area contributed by atoms with Gasteiger partial charge in [-0.3, -0.25) is 9.69 Å². The fourth-order valence-corrected chi connectivity index (χ4v) is 4.16. The number of nitrogens with zero attached hydrogens (tertiary/aromatic N) is 2. The van der Waals surface area contributed by atoms with Crippen molar-refractivity contribution in [2.24, 2.45) is 5.92 Å². The van der Waals surface area contributed by atoms with Gasteiger partial charge in [0, 0.05) is 38.1 Å². The normalized spacial score (nSPS) is 22.1. The van der Waals surface area contributed by atoms with Crippen molar-refractivity contribution in [1.29, 1.82) is 0 Å². The summed E-state index contributed by atoms with van der Waals surface area (Å²) in [5, 5.41) is 3.40. The molecule has 2 aliphatic heterocycles. The number of benzene rings is 1. The van der Waals surface area contributed by atoms with E-state index in [9.17, 15) is 4.79 Å². The fourth-order valence-electron chi connectivity index (χ4n) is 4.16. The number of hydrogen-bond acceptors (Lipinski definition) is 3. The number of nitrogens with one attached hydrogen (secondary N) is 1. The first-order chi connectivity index (χ1) is 12.0. The molecule has 0 unspecified atom stereocenters. The van der Waals surface area contributed by atoms with E-state index >= 15 is 0 Å². The van der Waals surface area contributed by atoms with Gasteiger partial charge in [-0.2, -0.15) is 0 Å². The molecular weight excluding hydrogens is 310 g/mol. The van der Waals surface area contributed by atoms with Gasteiger partial charge in [0.25, 0.3) is 0 Å². The maximum Gasteiger partial charge on any atom is 0.222 e. The zero-order valence-corrected chi connectivity index (χ0v) is 15.8. The van der Waals surface area contributed by atoms with E-state index in [0.717, 1.165) is 58.0 Å². The molecule has 0 radical (unpaired) electrons. The zero-order chi connectivity index (χ0) is 17.7. The first-order valence-electron chi connectivity index (χ1n) is 9.82. The summed E-state index contributed by atoms with van der Waals surface area (Å²) in [4.78, 5) is 17.3. The van der Waals surface area contributed by atoms with Crippen LogP contribution in [0.2, 0.25) is 0 Å². The summed E-state index contributed by atoms with van der Waals surface area (Å²) in [5.41, 5.74) is 1.37. The minimum absolute atomic E-state index is 0.0263. The summed E-state index contributed by atoms with van der Waals surface area (Å²) in [6.45, 7) is 10.4. The van der Waals surface area contributed by atoms with Crippen LogP contribution in [0.3, 0.4) is 0 Å². The Bertz CT molecular complexity index is 552. The number of carbonyl (C=O) groups is 1. The highest BCUT2D eigenvalue weighted by atomic mass is 16.2. The lowest BCUT2D eigenvalue weighted by Gasteiger charge is -2.47. The summed E-state index contributed by atoms with van der Waals surface area (Å²) in [6, 6.07) is 10.6. The Kier molecular flexibility index (Phi) is 6.13. The molecule has 3 rings (SSSR count). The lowest BCUT2D eigenvalue weighted by molar-refractivity contribution is -0.136. The molecule has 2 fully saturated rings. The van der Waals surface area contributed by atoms with E-state index in [1.54, 1.807) is 0 Å². The van der Waals surface area contributed by atoms with Crippen LogP contribution < -0.4 is 5.32 Å². The molecule has 138 valence electrons. The molecule has 0 bridgehead atoms. The van der Waals surface area contributed by atoms with Crippen molar-refractivity contribution in [1.82, 2.24) is 15.1 Å². The topological polar surface area (TPSA) is 35.6 Å². The third-order valence-electron chi connectivity index (χ3n) is 5.87. The second-order valence-corrected chi connectivity index (χ2v) is 8.27. The van der Waals surface area contributed by atoms with E-state index in [0.29, 0.717) is 5.91 Å². The summed E-state index contributed by atoms with van der Waals surface area (Å²) in [7, 11) is 0. The summed E-state index contributed by atoms with van der Waals surface area (Å²) in [5.74, 6) is 1.09. The van der Waals surface area contributed by atoms with Gasteiger partial charge in [0.1, 0.15) is 0 Å². The van der Waals surface area contributed by atoms with Gasteiger partial charge in [-0.25, -0.2) is 0 Å². The van der Waals surface area contributed by atoms with Crippen molar-refractivity contribution in [2.45, 2.75) is 51.6 Å². The van der Waals surface area contributed by atoms with Gasteiger partial charge in [-0.1, -0.05) is 30.3 Å². The maximum absolute atomic E-state index is 12.7. The molecule has 0 atom stereocenters. The Morgan fingerprint density at radius 2 is 1.88 bits per heavy atom. The first kappa shape index (κ1) is 18.4. The summed E-state index contributed by atoms with van der Waals surface area (Å²) < 4.78 is 0. The number of rotatable bonds is 5. The van der Waals surface area contributed by atoms with Crippen LogP contribution in [0.4, 0.5) is 0 Å². The van der Waals surface area contributed by atoms with Crippen LogP contribution in [0.5, 0.6) is 0 Å². The Hall–Kier alpha value is -1.39. The van der Waals surface area contributed by atoms with E-state index in [-0.39, 0.29) is 5.54 Å². The number of amides is 1. The fraction of sp³-hybridized carbons (Fsp3) is 0.667. The molecule has 4 heteroatoms. The number of carbonyl (C=O) groups excluding carboxylic acids is 1. The number of hydrogen-bond donors (Lipinski definition) is 1. The molecule has 0 saturated carbocycles. The molecule has 2 saturated heterocycles. The van der Waals surface area contributed by atoms with Crippen molar-refractivity contribution >= 4 is 5.91 Å². The lowest BCUT2D eigenvalue weighted by Crippen LogP contribution is -2.59. The quantitative estimate of drug-likeness (QED) is 0.893. The van der Waals surface area contributed by atoms with Gasteiger partial charge in [0.15, 0.2) is 0 Å². The number of piperidine rings is 1. The van der Waals surface area contributed by atoms with E-state index in [1.807, 2.05) is 0 Å². The second-order valence-electron chi connectivity index (χ2n) is 8.27. The Morgan fingerprint density at radius 1 is 1.16 bits per heavy atom. The van der Waals surface area contributed by atoms with E-state index in [2.05, 4.69) is 59.3 Å². The Morgan fingerprint density at radius 3 is 2.56 bits per heavy atom. The molecular formula is C21H33N3O. The largest absolute Gasteiger partial charge is 0.340 e. The van der Waals surface area contributed by atoms with Crippen LogP contribution in [0.1, 0.15) is 45.1 Å². The molecule has 1 N–H and O–H groups in total. The van der Waals surface area contributed by atoms with Gasteiger partial charge in [0.2, 0.25) is 5.91 Å². The molecule has 0 aromatic heterocycles. The van der Waals surface area contributed by atoms with Crippen LogP contribution in [-0.4, -0.2) is 54.0 Å². The van der Waals surface area contributed by atoms with E-state index in [4.69, 9.17) is 0 Å².